The number of thiophene rings is 1. The molecule has 0 bridgehead atoms. The third-order valence-corrected chi connectivity index (χ3v) is 5.67. The number of amides is 1. The molecule has 5 nitrogen and oxygen atoms in total. The zero-order chi connectivity index (χ0) is 20.3. The second-order valence-electron chi connectivity index (χ2n) is 7.64. The first kappa shape index (κ1) is 20.3. The summed E-state index contributed by atoms with van der Waals surface area (Å²) in [5.41, 5.74) is 2.59. The van der Waals surface area contributed by atoms with Crippen molar-refractivity contribution < 1.29 is 9.59 Å². The summed E-state index contributed by atoms with van der Waals surface area (Å²) in [5.74, 6) is 1.07. The Morgan fingerprint density at radius 3 is 2.57 bits per heavy atom. The van der Waals surface area contributed by atoms with Crippen LogP contribution >= 0.6 is 11.3 Å². The zero-order valence-electron chi connectivity index (χ0n) is 16.8. The van der Waals surface area contributed by atoms with Gasteiger partial charge in [-0.15, -0.1) is 11.3 Å². The number of fused-ring (bicyclic) bond motifs is 1. The number of aromatic nitrogens is 2. The molecule has 0 saturated heterocycles. The maximum absolute atomic E-state index is 12.5. The summed E-state index contributed by atoms with van der Waals surface area (Å²) in [5, 5.41) is 3.07. The van der Waals surface area contributed by atoms with Gasteiger partial charge >= 0.3 is 0 Å². The molecule has 1 atom stereocenters. The van der Waals surface area contributed by atoms with Crippen LogP contribution in [0.15, 0.2) is 30.3 Å². The van der Waals surface area contributed by atoms with E-state index in [9.17, 15) is 9.59 Å². The minimum absolute atomic E-state index is 0.0288. The molecule has 0 aliphatic carbocycles. The highest BCUT2D eigenvalue weighted by atomic mass is 32.1. The highest BCUT2D eigenvalue weighted by molar-refractivity contribution is 7.12. The van der Waals surface area contributed by atoms with Gasteiger partial charge in [0.05, 0.1) is 17.1 Å². The number of nitrogens with one attached hydrogen (secondary N) is 2. The summed E-state index contributed by atoms with van der Waals surface area (Å²) in [7, 11) is 0. The number of benzene rings is 1. The second-order valence-corrected chi connectivity index (χ2v) is 9.10. The lowest BCUT2D eigenvalue weighted by atomic mass is 10.0. The molecule has 0 fully saturated rings. The third-order valence-electron chi connectivity index (χ3n) is 4.70. The minimum Gasteiger partial charge on any atom is -0.346 e. The molecule has 3 aromatic rings. The summed E-state index contributed by atoms with van der Waals surface area (Å²) in [6.07, 6.45) is 1.18. The van der Waals surface area contributed by atoms with Gasteiger partial charge in [0.15, 0.2) is 5.78 Å². The van der Waals surface area contributed by atoms with Crippen molar-refractivity contribution in [1.29, 1.82) is 0 Å². The molecule has 0 aliphatic heterocycles. The Morgan fingerprint density at radius 2 is 1.93 bits per heavy atom. The first-order valence-corrected chi connectivity index (χ1v) is 10.5. The highest BCUT2D eigenvalue weighted by Gasteiger charge is 2.21. The smallest absolute Gasteiger partial charge is 0.221 e. The molecule has 1 unspecified atom stereocenters. The van der Waals surface area contributed by atoms with Gasteiger partial charge in [0.1, 0.15) is 5.82 Å². The topological polar surface area (TPSA) is 74.8 Å². The fourth-order valence-corrected chi connectivity index (χ4v) is 4.33. The van der Waals surface area contributed by atoms with Crippen LogP contribution in [0.5, 0.6) is 0 Å². The number of para-hydroxylation sites is 2. The van der Waals surface area contributed by atoms with Gasteiger partial charge in [-0.3, -0.25) is 9.59 Å². The summed E-state index contributed by atoms with van der Waals surface area (Å²) >= 11 is 1.61. The number of rotatable bonds is 8. The van der Waals surface area contributed by atoms with E-state index in [0.29, 0.717) is 5.92 Å². The average molecular weight is 398 g/mol. The Balaban J connectivity index is 1.66. The van der Waals surface area contributed by atoms with Crippen LogP contribution in [0.4, 0.5) is 0 Å². The summed E-state index contributed by atoms with van der Waals surface area (Å²) < 4.78 is 0. The summed E-state index contributed by atoms with van der Waals surface area (Å²) in [6, 6.07) is 9.55. The molecule has 1 amide bonds. The van der Waals surface area contributed by atoms with Gasteiger partial charge in [-0.1, -0.05) is 26.0 Å². The molecular weight excluding hydrogens is 370 g/mol. The predicted octanol–water partition coefficient (Wildman–Crippen LogP) is 5.11. The predicted molar refractivity (Wildman–Crippen MR) is 114 cm³/mol. The Bertz CT molecular complexity index is 954. The Hall–Kier alpha value is -2.47. The maximum atomic E-state index is 12.5. The first-order valence-electron chi connectivity index (χ1n) is 9.67. The molecular formula is C22H27N3O2S. The van der Waals surface area contributed by atoms with Crippen LogP contribution < -0.4 is 5.32 Å². The number of aromatic amines is 1. The minimum atomic E-state index is -0.194. The number of nitrogens with zero attached hydrogens (tertiary/aromatic N) is 1. The average Bonchev–Trinajstić information content (AvgIpc) is 3.21. The van der Waals surface area contributed by atoms with Crippen LogP contribution in [0.1, 0.15) is 65.1 Å². The van der Waals surface area contributed by atoms with Gasteiger partial charge in [-0.25, -0.2) is 4.98 Å². The number of ketones is 1. The van der Waals surface area contributed by atoms with E-state index >= 15 is 0 Å². The standard InChI is InChI=1S/C22H27N3O2S/c1-13(2)11-19(22-24-17-7-5-6-8-18(17)25-22)23-21(27)10-9-20(26)16-12-14(3)28-15(16)4/h5-8,12-13,19H,9-11H2,1-4H3,(H,23,27)(H,24,25). The molecule has 2 heterocycles. The van der Waals surface area contributed by atoms with Crippen molar-refractivity contribution in [3.8, 4) is 0 Å². The first-order chi connectivity index (χ1) is 13.3. The van der Waals surface area contributed by atoms with Crippen molar-refractivity contribution >= 4 is 34.1 Å². The van der Waals surface area contributed by atoms with E-state index in [1.165, 1.54) is 0 Å². The largest absolute Gasteiger partial charge is 0.346 e. The monoisotopic (exact) mass is 397 g/mol. The van der Waals surface area contributed by atoms with E-state index in [4.69, 9.17) is 0 Å². The number of hydrogen-bond donors (Lipinski definition) is 2. The summed E-state index contributed by atoms with van der Waals surface area (Å²) in [6.45, 7) is 8.18. The number of Topliss-reactive ketones (excluding diaryl/α,β-unsaturated/α-hetero) is 1. The lowest BCUT2D eigenvalue weighted by Gasteiger charge is -2.18. The Morgan fingerprint density at radius 1 is 1.18 bits per heavy atom. The number of aryl methyl sites for hydroxylation is 2. The van der Waals surface area contributed by atoms with E-state index in [1.54, 1.807) is 11.3 Å². The van der Waals surface area contributed by atoms with E-state index in [1.807, 2.05) is 44.2 Å². The van der Waals surface area contributed by atoms with E-state index in [-0.39, 0.29) is 30.6 Å². The van der Waals surface area contributed by atoms with Crippen LogP contribution in [0.2, 0.25) is 0 Å². The van der Waals surface area contributed by atoms with Crippen molar-refractivity contribution in [2.45, 2.75) is 53.0 Å². The van der Waals surface area contributed by atoms with Gasteiger partial charge in [-0.05, 0) is 44.4 Å². The second kappa shape index (κ2) is 8.69. The normalized spacial score (nSPS) is 12.5. The lowest BCUT2D eigenvalue weighted by Crippen LogP contribution is -2.30. The van der Waals surface area contributed by atoms with Crippen molar-refractivity contribution in [3.05, 3.63) is 51.5 Å². The van der Waals surface area contributed by atoms with Crippen molar-refractivity contribution in [1.82, 2.24) is 15.3 Å². The van der Waals surface area contributed by atoms with E-state index in [2.05, 4.69) is 29.1 Å². The number of H-pyrrole nitrogens is 1. The van der Waals surface area contributed by atoms with Gasteiger partial charge in [0.25, 0.3) is 0 Å². The van der Waals surface area contributed by atoms with Crippen LogP contribution in [-0.2, 0) is 4.79 Å². The fourth-order valence-electron chi connectivity index (χ4n) is 3.38. The fraction of sp³-hybridized carbons (Fsp3) is 0.409. The number of carbonyl (C=O) groups excluding carboxylic acids is 2. The zero-order valence-corrected chi connectivity index (χ0v) is 17.7. The Kier molecular flexibility index (Phi) is 6.29. The van der Waals surface area contributed by atoms with Gasteiger partial charge in [0.2, 0.25) is 5.91 Å². The molecule has 3 rings (SSSR count). The molecule has 1 aromatic carbocycles. The molecule has 2 N–H and O–H groups in total. The molecule has 6 heteroatoms. The van der Waals surface area contributed by atoms with Crippen molar-refractivity contribution in [2.24, 2.45) is 5.92 Å². The molecule has 0 aliphatic rings. The molecule has 0 radical (unpaired) electrons. The number of carbonyl (C=O) groups is 2. The van der Waals surface area contributed by atoms with Crippen molar-refractivity contribution in [2.75, 3.05) is 0 Å². The Labute approximate surface area is 169 Å². The van der Waals surface area contributed by atoms with Crippen LogP contribution in [0.3, 0.4) is 0 Å². The summed E-state index contributed by atoms with van der Waals surface area (Å²) in [4.78, 5) is 35.1. The van der Waals surface area contributed by atoms with Crippen LogP contribution in [0.25, 0.3) is 11.0 Å². The molecule has 2 aromatic heterocycles. The SMILES string of the molecule is Cc1cc(C(=O)CCC(=O)NC(CC(C)C)c2nc3ccccc3[nH]2)c(C)s1. The molecule has 0 spiro atoms. The van der Waals surface area contributed by atoms with Gasteiger partial charge < -0.3 is 10.3 Å². The van der Waals surface area contributed by atoms with Crippen molar-refractivity contribution in [3.63, 3.8) is 0 Å². The quantitative estimate of drug-likeness (QED) is 0.519. The third kappa shape index (κ3) is 4.87. The van der Waals surface area contributed by atoms with E-state index < -0.39 is 0 Å². The maximum Gasteiger partial charge on any atom is 0.221 e. The lowest BCUT2D eigenvalue weighted by molar-refractivity contribution is -0.122. The van der Waals surface area contributed by atoms with Gasteiger partial charge in [0, 0.05) is 28.2 Å². The molecule has 0 saturated carbocycles. The van der Waals surface area contributed by atoms with Gasteiger partial charge in [-0.2, -0.15) is 0 Å². The number of imidazole rings is 1. The molecule has 148 valence electrons. The van der Waals surface area contributed by atoms with Crippen LogP contribution in [-0.4, -0.2) is 21.7 Å². The molecule has 28 heavy (non-hydrogen) atoms. The highest BCUT2D eigenvalue weighted by Crippen LogP contribution is 2.24. The van der Waals surface area contributed by atoms with E-state index in [0.717, 1.165) is 38.6 Å². The number of hydrogen-bond acceptors (Lipinski definition) is 4. The van der Waals surface area contributed by atoms with Crippen LogP contribution in [0, 0.1) is 19.8 Å².